The quantitative estimate of drug-likeness (QED) is 0.614. The van der Waals surface area contributed by atoms with Crippen molar-refractivity contribution in [2.24, 2.45) is 0 Å². The first kappa shape index (κ1) is 21.5. The van der Waals surface area contributed by atoms with Gasteiger partial charge in [0.25, 0.3) is 5.91 Å². The first-order valence-electron chi connectivity index (χ1n) is 10.6. The average Bonchev–Trinajstić information content (AvgIpc) is 3.22. The predicted octanol–water partition coefficient (Wildman–Crippen LogP) is 3.14. The van der Waals surface area contributed by atoms with Crippen LogP contribution in [0, 0.1) is 0 Å². The van der Waals surface area contributed by atoms with Crippen molar-refractivity contribution >= 4 is 26.6 Å². The van der Waals surface area contributed by atoms with Gasteiger partial charge < -0.3 is 15.2 Å². The highest BCUT2D eigenvalue weighted by Gasteiger charge is 2.31. The molecule has 1 fully saturated rings. The first-order valence-corrected chi connectivity index (χ1v) is 12.2. The molecule has 2 aromatic heterocycles. The number of aromatic amines is 1. The van der Waals surface area contributed by atoms with Gasteiger partial charge in [-0.2, -0.15) is 0 Å². The van der Waals surface area contributed by atoms with Gasteiger partial charge in [0.05, 0.1) is 10.1 Å². The van der Waals surface area contributed by atoms with Crippen molar-refractivity contribution in [3.63, 3.8) is 0 Å². The summed E-state index contributed by atoms with van der Waals surface area (Å²) in [6, 6.07) is 10.9. The maximum Gasteiger partial charge on any atom is 0.267 e. The van der Waals surface area contributed by atoms with E-state index in [4.69, 9.17) is 0 Å². The van der Waals surface area contributed by atoms with Crippen molar-refractivity contribution in [1.82, 2.24) is 20.2 Å². The third-order valence-electron chi connectivity index (χ3n) is 6.02. The van der Waals surface area contributed by atoms with E-state index < -0.39 is 9.84 Å². The van der Waals surface area contributed by atoms with Crippen LogP contribution in [-0.4, -0.2) is 53.6 Å². The summed E-state index contributed by atoms with van der Waals surface area (Å²) in [6.07, 6.45) is 4.70. The molecule has 0 radical (unpaired) electrons. The van der Waals surface area contributed by atoms with Crippen LogP contribution in [-0.2, 0) is 16.4 Å². The predicted molar refractivity (Wildman–Crippen MR) is 121 cm³/mol. The lowest BCUT2D eigenvalue weighted by molar-refractivity contribution is 0.0946. The molecule has 0 bridgehead atoms. The molecule has 3 aromatic rings. The van der Waals surface area contributed by atoms with Gasteiger partial charge in [0, 0.05) is 35.9 Å². The molecular weight excluding hydrogens is 412 g/mol. The Morgan fingerprint density at radius 1 is 1.19 bits per heavy atom. The summed E-state index contributed by atoms with van der Waals surface area (Å²) in [4.78, 5) is 22.2. The molecule has 164 valence electrons. The highest BCUT2D eigenvalue weighted by Crippen LogP contribution is 2.25. The number of carbonyl (C=O) groups excluding carboxylic acids is 1. The Morgan fingerprint density at radius 3 is 2.55 bits per heavy atom. The van der Waals surface area contributed by atoms with E-state index in [2.05, 4.69) is 34.0 Å². The third kappa shape index (κ3) is 4.65. The zero-order valence-electron chi connectivity index (χ0n) is 17.8. The molecule has 8 heteroatoms. The Morgan fingerprint density at radius 2 is 1.90 bits per heavy atom. The lowest BCUT2D eigenvalue weighted by Crippen LogP contribution is -2.42. The molecule has 1 amide bonds. The van der Waals surface area contributed by atoms with Gasteiger partial charge in [-0.05, 0) is 69.6 Å². The monoisotopic (exact) mass is 440 g/mol. The SMILES string of the molecule is CC(C)N1CCC(S(=O)(=O)c2ccc(CNC(=O)c3cc4cnccc4[nH]3)cc2)CC1. The molecule has 1 aliphatic heterocycles. The van der Waals surface area contributed by atoms with Crippen LogP contribution in [0.1, 0.15) is 42.7 Å². The van der Waals surface area contributed by atoms with Crippen LogP contribution in [0.3, 0.4) is 0 Å². The number of fused-ring (bicyclic) bond motifs is 1. The summed E-state index contributed by atoms with van der Waals surface area (Å²) >= 11 is 0. The van der Waals surface area contributed by atoms with Crippen molar-refractivity contribution in [1.29, 1.82) is 0 Å². The van der Waals surface area contributed by atoms with E-state index in [1.807, 2.05) is 6.07 Å². The third-order valence-corrected chi connectivity index (χ3v) is 8.29. The molecular formula is C23H28N4O3S. The number of amides is 1. The van der Waals surface area contributed by atoms with Crippen molar-refractivity contribution < 1.29 is 13.2 Å². The standard InChI is InChI=1S/C23H28N4O3S/c1-16(2)27-11-8-20(9-12-27)31(29,30)19-5-3-17(4-6-19)14-25-23(28)22-13-18-15-24-10-7-21(18)26-22/h3-7,10,13,15-16,20,26H,8-9,11-12,14H2,1-2H3,(H,25,28). The first-order chi connectivity index (χ1) is 14.8. The van der Waals surface area contributed by atoms with E-state index in [1.165, 1.54) is 0 Å². The number of likely N-dealkylation sites (tertiary alicyclic amines) is 1. The fourth-order valence-corrected chi connectivity index (χ4v) is 5.80. The minimum atomic E-state index is -3.34. The maximum atomic E-state index is 13.0. The Balaban J connectivity index is 1.37. The minimum Gasteiger partial charge on any atom is -0.350 e. The van der Waals surface area contributed by atoms with Gasteiger partial charge in [-0.25, -0.2) is 8.42 Å². The molecule has 1 aliphatic rings. The molecule has 0 aliphatic carbocycles. The number of carbonyl (C=O) groups is 1. The van der Waals surface area contributed by atoms with E-state index in [1.54, 1.807) is 42.7 Å². The minimum absolute atomic E-state index is 0.218. The lowest BCUT2D eigenvalue weighted by atomic mass is 10.1. The second-order valence-electron chi connectivity index (χ2n) is 8.35. The number of aromatic nitrogens is 2. The molecule has 31 heavy (non-hydrogen) atoms. The number of hydrogen-bond acceptors (Lipinski definition) is 5. The van der Waals surface area contributed by atoms with E-state index in [0.29, 0.717) is 36.0 Å². The smallest absolute Gasteiger partial charge is 0.267 e. The van der Waals surface area contributed by atoms with Crippen molar-refractivity contribution in [3.8, 4) is 0 Å². The summed E-state index contributed by atoms with van der Waals surface area (Å²) in [5.74, 6) is -0.218. The van der Waals surface area contributed by atoms with Crippen LogP contribution in [0.2, 0.25) is 0 Å². The summed E-state index contributed by atoms with van der Waals surface area (Å²) in [6.45, 7) is 6.23. The van der Waals surface area contributed by atoms with Crippen molar-refractivity contribution in [2.45, 2.75) is 49.4 Å². The topological polar surface area (TPSA) is 95.2 Å². The van der Waals surface area contributed by atoms with Crippen LogP contribution in [0.15, 0.2) is 53.7 Å². The van der Waals surface area contributed by atoms with E-state index in [9.17, 15) is 13.2 Å². The molecule has 7 nitrogen and oxygen atoms in total. The molecule has 0 saturated carbocycles. The molecule has 2 N–H and O–H groups in total. The number of piperidine rings is 1. The normalized spacial score (nSPS) is 16.1. The average molecular weight is 441 g/mol. The maximum absolute atomic E-state index is 13.0. The van der Waals surface area contributed by atoms with Crippen LogP contribution < -0.4 is 5.32 Å². The number of benzene rings is 1. The zero-order valence-corrected chi connectivity index (χ0v) is 18.7. The number of rotatable bonds is 6. The lowest BCUT2D eigenvalue weighted by Gasteiger charge is -2.34. The van der Waals surface area contributed by atoms with Gasteiger partial charge in [-0.1, -0.05) is 12.1 Å². The van der Waals surface area contributed by atoms with Crippen LogP contribution in [0.25, 0.3) is 10.9 Å². The summed E-state index contributed by atoms with van der Waals surface area (Å²) in [7, 11) is -3.34. The zero-order chi connectivity index (χ0) is 22.0. The second kappa shape index (κ2) is 8.80. The molecule has 1 saturated heterocycles. The van der Waals surface area contributed by atoms with Gasteiger partial charge in [0.1, 0.15) is 5.69 Å². The largest absolute Gasteiger partial charge is 0.350 e. The summed E-state index contributed by atoms with van der Waals surface area (Å²) in [5.41, 5.74) is 2.17. The Hall–Kier alpha value is -2.71. The highest BCUT2D eigenvalue weighted by atomic mass is 32.2. The van der Waals surface area contributed by atoms with Crippen molar-refractivity contribution in [3.05, 3.63) is 60.0 Å². The Kier molecular flexibility index (Phi) is 6.11. The number of pyridine rings is 1. The van der Waals surface area contributed by atoms with Crippen LogP contribution in [0.5, 0.6) is 0 Å². The number of sulfone groups is 1. The van der Waals surface area contributed by atoms with Gasteiger partial charge in [0.15, 0.2) is 9.84 Å². The number of nitrogens with one attached hydrogen (secondary N) is 2. The van der Waals surface area contributed by atoms with E-state index in [-0.39, 0.29) is 11.2 Å². The van der Waals surface area contributed by atoms with Crippen molar-refractivity contribution in [2.75, 3.05) is 13.1 Å². The van der Waals surface area contributed by atoms with Crippen LogP contribution >= 0.6 is 0 Å². The number of nitrogens with zero attached hydrogens (tertiary/aromatic N) is 2. The van der Waals surface area contributed by atoms with Gasteiger partial charge in [-0.3, -0.25) is 9.78 Å². The van der Waals surface area contributed by atoms with E-state index in [0.717, 1.165) is 29.6 Å². The van der Waals surface area contributed by atoms with Gasteiger partial charge in [-0.15, -0.1) is 0 Å². The Bertz CT molecular complexity index is 1130. The molecule has 4 rings (SSSR count). The van der Waals surface area contributed by atoms with Gasteiger partial charge >= 0.3 is 0 Å². The molecule has 3 heterocycles. The number of H-pyrrole nitrogens is 1. The van der Waals surface area contributed by atoms with Crippen LogP contribution in [0.4, 0.5) is 0 Å². The molecule has 0 atom stereocenters. The molecule has 0 unspecified atom stereocenters. The fourth-order valence-electron chi connectivity index (χ4n) is 4.06. The fraction of sp³-hybridized carbons (Fsp3) is 0.391. The number of hydrogen-bond donors (Lipinski definition) is 2. The summed E-state index contributed by atoms with van der Waals surface area (Å²) < 4.78 is 26.0. The second-order valence-corrected chi connectivity index (χ2v) is 10.6. The summed E-state index contributed by atoms with van der Waals surface area (Å²) in [5, 5.41) is 3.41. The molecule has 0 spiro atoms. The van der Waals surface area contributed by atoms with Gasteiger partial charge in [0.2, 0.25) is 0 Å². The Labute approximate surface area is 182 Å². The van der Waals surface area contributed by atoms with E-state index >= 15 is 0 Å². The highest BCUT2D eigenvalue weighted by molar-refractivity contribution is 7.92. The molecule has 1 aromatic carbocycles.